The molecule has 1 saturated carbocycles. The molecule has 1 saturated heterocycles. The van der Waals surface area contributed by atoms with E-state index in [1.807, 2.05) is 0 Å². The number of rotatable bonds is 2. The van der Waals surface area contributed by atoms with E-state index < -0.39 is 0 Å². The summed E-state index contributed by atoms with van der Waals surface area (Å²) in [5.41, 5.74) is 4.24. The van der Waals surface area contributed by atoms with Crippen molar-refractivity contribution in [3.8, 4) is 0 Å². The van der Waals surface area contributed by atoms with Crippen LogP contribution >= 0.6 is 0 Å². The highest BCUT2D eigenvalue weighted by molar-refractivity contribution is 5.93. The van der Waals surface area contributed by atoms with E-state index in [0.717, 1.165) is 32.3 Å². The van der Waals surface area contributed by atoms with Gasteiger partial charge in [0.1, 0.15) is 6.10 Å². The lowest BCUT2D eigenvalue weighted by Gasteiger charge is -2.28. The first-order valence-corrected chi connectivity index (χ1v) is 7.49. The second kappa shape index (κ2) is 3.92. The summed E-state index contributed by atoms with van der Waals surface area (Å²) in [7, 11) is 0. The van der Waals surface area contributed by atoms with E-state index in [-0.39, 0.29) is 11.5 Å². The summed E-state index contributed by atoms with van der Waals surface area (Å²) in [5.74, 6) is 0.902. The summed E-state index contributed by atoms with van der Waals surface area (Å²) in [6.07, 6.45) is 5.21. The second-order valence-corrected chi connectivity index (χ2v) is 6.52. The summed E-state index contributed by atoms with van der Waals surface area (Å²) in [5, 5.41) is 0. The van der Waals surface area contributed by atoms with Gasteiger partial charge in [0.15, 0.2) is 5.78 Å². The second-order valence-electron chi connectivity index (χ2n) is 6.52. The fourth-order valence-electron chi connectivity index (χ4n) is 4.36. The minimum atomic E-state index is -0.113. The van der Waals surface area contributed by atoms with Crippen molar-refractivity contribution >= 4 is 5.78 Å². The maximum Gasteiger partial charge on any atom is 0.168 e. The summed E-state index contributed by atoms with van der Waals surface area (Å²) < 4.78 is 5.48. The monoisotopic (exact) mass is 256 g/mol. The molecule has 2 heteroatoms. The Bertz CT molecular complexity index is 548. The number of Topliss-reactive ketones (excluding diaryl/α,β-unsaturated/α-hetero) is 1. The third-order valence-corrected chi connectivity index (χ3v) is 5.29. The maximum atomic E-state index is 12.6. The van der Waals surface area contributed by atoms with Gasteiger partial charge in [-0.3, -0.25) is 4.79 Å². The Morgan fingerprint density at radius 2 is 2.26 bits per heavy atom. The minimum Gasteiger partial charge on any atom is -0.370 e. The Labute approximate surface area is 114 Å². The molecule has 1 heterocycles. The molecule has 1 aliphatic heterocycles. The highest BCUT2D eigenvalue weighted by Crippen LogP contribution is 2.53. The summed E-state index contributed by atoms with van der Waals surface area (Å²) in [6.45, 7) is 3.02. The zero-order valence-electron chi connectivity index (χ0n) is 11.4. The highest BCUT2D eigenvalue weighted by atomic mass is 16.5. The minimum absolute atomic E-state index is 0.0658. The number of aryl methyl sites for hydroxylation is 1. The van der Waals surface area contributed by atoms with E-state index in [1.54, 1.807) is 0 Å². The van der Waals surface area contributed by atoms with Gasteiger partial charge in [0.25, 0.3) is 0 Å². The van der Waals surface area contributed by atoms with Crippen molar-refractivity contribution < 1.29 is 9.53 Å². The highest BCUT2D eigenvalue weighted by Gasteiger charge is 2.59. The topological polar surface area (TPSA) is 26.3 Å². The zero-order valence-corrected chi connectivity index (χ0v) is 11.4. The van der Waals surface area contributed by atoms with Crippen molar-refractivity contribution in [2.75, 3.05) is 6.61 Å². The van der Waals surface area contributed by atoms with Crippen molar-refractivity contribution in [2.24, 2.45) is 11.3 Å². The number of benzene rings is 1. The van der Waals surface area contributed by atoms with Crippen molar-refractivity contribution in [3.05, 3.63) is 34.9 Å². The van der Waals surface area contributed by atoms with Crippen LogP contribution in [0.15, 0.2) is 18.2 Å². The molecule has 1 unspecified atom stereocenters. The van der Waals surface area contributed by atoms with Gasteiger partial charge in [-0.15, -0.1) is 0 Å². The van der Waals surface area contributed by atoms with Crippen LogP contribution in [-0.2, 0) is 28.8 Å². The molecule has 19 heavy (non-hydrogen) atoms. The zero-order chi connectivity index (χ0) is 13.0. The first kappa shape index (κ1) is 11.7. The molecule has 0 amide bonds. The van der Waals surface area contributed by atoms with E-state index in [4.69, 9.17) is 4.74 Å². The average molecular weight is 256 g/mol. The molecule has 2 aliphatic carbocycles. The van der Waals surface area contributed by atoms with Crippen molar-refractivity contribution in [1.29, 1.82) is 0 Å². The smallest absolute Gasteiger partial charge is 0.168 e. The summed E-state index contributed by atoms with van der Waals surface area (Å²) >= 11 is 0. The molecule has 1 spiro atoms. The molecule has 1 aromatic rings. The van der Waals surface area contributed by atoms with Gasteiger partial charge in [-0.25, -0.2) is 0 Å². The third-order valence-electron chi connectivity index (χ3n) is 5.29. The van der Waals surface area contributed by atoms with Crippen LogP contribution in [0.4, 0.5) is 0 Å². The molecule has 1 aromatic carbocycles. The number of carbonyl (C=O) groups excluding carboxylic acids is 1. The van der Waals surface area contributed by atoms with Gasteiger partial charge in [-0.1, -0.05) is 31.5 Å². The standard InChI is InChI=1S/C17H20O2/c1-2-4-11-5-3-6-12-7-17(9-14(11)12)8-13-10-19-15(13)16(17)18/h3,5-6,13,15H,2,4,7-10H2,1H3/t13?,15-,17-/m1/s1. The molecule has 3 aliphatic rings. The van der Waals surface area contributed by atoms with Gasteiger partial charge in [0.2, 0.25) is 0 Å². The van der Waals surface area contributed by atoms with E-state index in [9.17, 15) is 4.79 Å². The van der Waals surface area contributed by atoms with E-state index >= 15 is 0 Å². The quantitative estimate of drug-likeness (QED) is 0.813. The van der Waals surface area contributed by atoms with Crippen molar-refractivity contribution in [1.82, 2.24) is 0 Å². The van der Waals surface area contributed by atoms with Gasteiger partial charge >= 0.3 is 0 Å². The Morgan fingerprint density at radius 1 is 1.37 bits per heavy atom. The molecule has 0 aromatic heterocycles. The number of carbonyl (C=O) groups is 1. The SMILES string of the molecule is CCCc1cccc2c1C[C@@]1(C2)CC2CO[C@H]2C1=O. The predicted molar refractivity (Wildman–Crippen MR) is 73.1 cm³/mol. The fourth-order valence-corrected chi connectivity index (χ4v) is 4.36. The molecule has 3 atom stereocenters. The predicted octanol–water partition coefficient (Wildman–Crippen LogP) is 2.71. The first-order valence-electron chi connectivity index (χ1n) is 7.49. The largest absolute Gasteiger partial charge is 0.370 e. The molecule has 2 nitrogen and oxygen atoms in total. The van der Waals surface area contributed by atoms with Crippen LogP contribution in [0.25, 0.3) is 0 Å². The first-order chi connectivity index (χ1) is 9.23. The molecule has 100 valence electrons. The lowest BCUT2D eigenvalue weighted by molar-refractivity contribution is -0.149. The van der Waals surface area contributed by atoms with Crippen LogP contribution in [0.5, 0.6) is 0 Å². The van der Waals surface area contributed by atoms with Crippen molar-refractivity contribution in [3.63, 3.8) is 0 Å². The lowest BCUT2D eigenvalue weighted by Crippen LogP contribution is -2.41. The van der Waals surface area contributed by atoms with Crippen LogP contribution in [-0.4, -0.2) is 18.5 Å². The Hall–Kier alpha value is -1.15. The van der Waals surface area contributed by atoms with Crippen LogP contribution in [0, 0.1) is 11.3 Å². The molecule has 0 bridgehead atoms. The number of fused-ring (bicyclic) bond motifs is 2. The van der Waals surface area contributed by atoms with Crippen LogP contribution in [0.1, 0.15) is 36.5 Å². The van der Waals surface area contributed by atoms with Gasteiger partial charge in [-0.2, -0.15) is 0 Å². The normalized spacial score (nSPS) is 35.3. The Balaban J connectivity index is 1.70. The molecule has 2 fully saturated rings. The summed E-state index contributed by atoms with van der Waals surface area (Å²) in [4.78, 5) is 12.6. The Morgan fingerprint density at radius 3 is 2.89 bits per heavy atom. The van der Waals surface area contributed by atoms with Crippen LogP contribution < -0.4 is 0 Å². The lowest BCUT2D eigenvalue weighted by atomic mass is 9.81. The molecular formula is C17H20O2. The number of hydrogen-bond acceptors (Lipinski definition) is 2. The third kappa shape index (κ3) is 1.50. The van der Waals surface area contributed by atoms with Gasteiger partial charge in [0, 0.05) is 11.3 Å². The number of ether oxygens (including phenoxy) is 1. The van der Waals surface area contributed by atoms with E-state index in [2.05, 4.69) is 25.1 Å². The van der Waals surface area contributed by atoms with Gasteiger partial charge in [-0.05, 0) is 42.4 Å². The maximum absolute atomic E-state index is 12.6. The Kier molecular flexibility index (Phi) is 2.41. The van der Waals surface area contributed by atoms with Crippen LogP contribution in [0.2, 0.25) is 0 Å². The average Bonchev–Trinajstić information content (AvgIpc) is 2.83. The molecule has 0 radical (unpaired) electrons. The van der Waals surface area contributed by atoms with Crippen LogP contribution in [0.3, 0.4) is 0 Å². The van der Waals surface area contributed by atoms with Crippen molar-refractivity contribution in [2.45, 2.75) is 45.1 Å². The molecular weight excluding hydrogens is 236 g/mol. The molecule has 0 N–H and O–H groups in total. The fraction of sp³-hybridized carbons (Fsp3) is 0.588. The van der Waals surface area contributed by atoms with E-state index in [0.29, 0.717) is 11.7 Å². The molecule has 4 rings (SSSR count). The number of hydrogen-bond donors (Lipinski definition) is 0. The van der Waals surface area contributed by atoms with Gasteiger partial charge in [0.05, 0.1) is 6.61 Å². The number of ketones is 1. The summed E-state index contributed by atoms with van der Waals surface area (Å²) in [6, 6.07) is 6.62. The van der Waals surface area contributed by atoms with Gasteiger partial charge < -0.3 is 4.74 Å². The van der Waals surface area contributed by atoms with E-state index in [1.165, 1.54) is 23.1 Å².